The Hall–Kier alpha value is -2.10. The predicted molar refractivity (Wildman–Crippen MR) is 97.5 cm³/mol. The van der Waals surface area contributed by atoms with Gasteiger partial charge in [0.05, 0.1) is 11.1 Å². The fourth-order valence-corrected chi connectivity index (χ4v) is 3.17. The average molecular weight is 326 g/mol. The molecule has 0 N–H and O–H groups in total. The molecule has 1 fully saturated rings. The first kappa shape index (κ1) is 16.7. The highest BCUT2D eigenvalue weighted by atomic mass is 16.6. The number of fused-ring (bicyclic) bond motifs is 1. The van der Waals surface area contributed by atoms with Crippen LogP contribution in [0.4, 0.5) is 5.69 Å². The van der Waals surface area contributed by atoms with Crippen LogP contribution in [-0.2, 0) is 4.74 Å². The standard InChI is InChI=1S/C20H26N2O2/c1-19(2,3)24-18(23)15-8-10-21-17-7-6-14(12-16(15)17)22-11-9-20(4,5)13-22/h6-8,10,12H,9,11,13H2,1-5H3. The summed E-state index contributed by atoms with van der Waals surface area (Å²) in [5.41, 5.74) is 2.36. The molecule has 1 aliphatic heterocycles. The highest BCUT2D eigenvalue weighted by Crippen LogP contribution is 2.34. The third-order valence-electron chi connectivity index (χ3n) is 4.39. The van der Waals surface area contributed by atoms with Crippen LogP contribution >= 0.6 is 0 Å². The Balaban J connectivity index is 1.99. The van der Waals surface area contributed by atoms with Gasteiger partial charge in [0.1, 0.15) is 5.60 Å². The van der Waals surface area contributed by atoms with Crippen LogP contribution in [0.5, 0.6) is 0 Å². The highest BCUT2D eigenvalue weighted by molar-refractivity contribution is 6.04. The van der Waals surface area contributed by atoms with E-state index in [1.807, 2.05) is 26.8 Å². The second-order valence-electron chi connectivity index (χ2n) is 8.40. The molecule has 1 aromatic heterocycles. The van der Waals surface area contributed by atoms with Crippen molar-refractivity contribution in [3.8, 4) is 0 Å². The van der Waals surface area contributed by atoms with Crippen molar-refractivity contribution >= 4 is 22.6 Å². The van der Waals surface area contributed by atoms with Gasteiger partial charge in [-0.2, -0.15) is 0 Å². The lowest BCUT2D eigenvalue weighted by molar-refractivity contribution is 0.00718. The molecule has 24 heavy (non-hydrogen) atoms. The Kier molecular flexibility index (Phi) is 4.02. The number of esters is 1. The molecule has 0 aliphatic carbocycles. The Morgan fingerprint density at radius 1 is 1.25 bits per heavy atom. The van der Waals surface area contributed by atoms with E-state index in [0.29, 0.717) is 11.0 Å². The minimum atomic E-state index is -0.511. The summed E-state index contributed by atoms with van der Waals surface area (Å²) >= 11 is 0. The van der Waals surface area contributed by atoms with Crippen LogP contribution in [0.3, 0.4) is 0 Å². The normalized spacial score (nSPS) is 17.3. The number of carbonyl (C=O) groups excluding carboxylic acids is 1. The SMILES string of the molecule is CC1(C)CCN(c2ccc3nccc(C(=O)OC(C)(C)C)c3c2)C1. The summed E-state index contributed by atoms with van der Waals surface area (Å²) in [6.07, 6.45) is 2.84. The van der Waals surface area contributed by atoms with Gasteiger partial charge >= 0.3 is 5.97 Å². The maximum Gasteiger partial charge on any atom is 0.339 e. The van der Waals surface area contributed by atoms with Crippen LogP contribution < -0.4 is 4.90 Å². The maximum absolute atomic E-state index is 12.5. The average Bonchev–Trinajstić information content (AvgIpc) is 2.84. The number of aromatic nitrogens is 1. The molecule has 1 aromatic carbocycles. The van der Waals surface area contributed by atoms with Crippen LogP contribution in [0.25, 0.3) is 10.9 Å². The summed E-state index contributed by atoms with van der Waals surface area (Å²) in [6, 6.07) is 7.90. The number of benzene rings is 1. The number of rotatable bonds is 2. The van der Waals surface area contributed by atoms with Gasteiger partial charge in [0.25, 0.3) is 0 Å². The molecule has 0 unspecified atom stereocenters. The van der Waals surface area contributed by atoms with Gasteiger partial charge in [-0.3, -0.25) is 4.98 Å². The smallest absolute Gasteiger partial charge is 0.339 e. The van der Waals surface area contributed by atoms with Crippen LogP contribution in [-0.4, -0.2) is 29.6 Å². The zero-order valence-corrected chi connectivity index (χ0v) is 15.2. The second-order valence-corrected chi connectivity index (χ2v) is 8.40. The number of nitrogens with zero attached hydrogens (tertiary/aromatic N) is 2. The molecule has 0 amide bonds. The van der Waals surface area contributed by atoms with Gasteiger partial charge in [0, 0.05) is 30.4 Å². The van der Waals surface area contributed by atoms with Gasteiger partial charge in [0.2, 0.25) is 0 Å². The quantitative estimate of drug-likeness (QED) is 0.766. The molecule has 4 nitrogen and oxygen atoms in total. The van der Waals surface area contributed by atoms with Crippen molar-refractivity contribution in [3.05, 3.63) is 36.0 Å². The molecular weight excluding hydrogens is 300 g/mol. The Morgan fingerprint density at radius 3 is 2.62 bits per heavy atom. The minimum Gasteiger partial charge on any atom is -0.456 e. The number of ether oxygens (including phenoxy) is 1. The number of pyridine rings is 1. The molecule has 4 heteroatoms. The number of hydrogen-bond acceptors (Lipinski definition) is 4. The van der Waals surface area contributed by atoms with Crippen LogP contribution in [0.2, 0.25) is 0 Å². The van der Waals surface area contributed by atoms with Gasteiger partial charge < -0.3 is 9.64 Å². The van der Waals surface area contributed by atoms with E-state index in [4.69, 9.17) is 4.74 Å². The van der Waals surface area contributed by atoms with E-state index in [1.165, 1.54) is 6.42 Å². The van der Waals surface area contributed by atoms with Crippen molar-refractivity contribution in [2.24, 2.45) is 5.41 Å². The van der Waals surface area contributed by atoms with Crippen molar-refractivity contribution < 1.29 is 9.53 Å². The Labute approximate surface area is 143 Å². The molecule has 0 saturated carbocycles. The number of carbonyl (C=O) groups is 1. The molecule has 2 aromatic rings. The Bertz CT molecular complexity index is 775. The largest absolute Gasteiger partial charge is 0.456 e. The number of anilines is 1. The van der Waals surface area contributed by atoms with Crippen LogP contribution in [0, 0.1) is 5.41 Å². The van der Waals surface area contributed by atoms with E-state index in [-0.39, 0.29) is 5.97 Å². The monoisotopic (exact) mass is 326 g/mol. The molecule has 1 aliphatic rings. The molecule has 0 spiro atoms. The van der Waals surface area contributed by atoms with Crippen LogP contribution in [0.1, 0.15) is 51.4 Å². The molecule has 128 valence electrons. The third kappa shape index (κ3) is 3.53. The van der Waals surface area contributed by atoms with Crippen molar-refractivity contribution in [3.63, 3.8) is 0 Å². The first-order valence-electron chi connectivity index (χ1n) is 8.52. The van der Waals surface area contributed by atoms with Gasteiger partial charge in [-0.1, -0.05) is 13.8 Å². The lowest BCUT2D eigenvalue weighted by Gasteiger charge is -2.23. The van der Waals surface area contributed by atoms with E-state index in [9.17, 15) is 4.79 Å². The van der Waals surface area contributed by atoms with Crippen molar-refractivity contribution in [2.75, 3.05) is 18.0 Å². The predicted octanol–water partition coefficient (Wildman–Crippen LogP) is 4.43. The molecular formula is C20H26N2O2. The van der Waals surface area contributed by atoms with E-state index < -0.39 is 5.60 Å². The van der Waals surface area contributed by atoms with E-state index in [1.54, 1.807) is 12.3 Å². The minimum absolute atomic E-state index is 0.297. The lowest BCUT2D eigenvalue weighted by atomic mass is 9.93. The zero-order chi connectivity index (χ0) is 17.5. The molecule has 3 rings (SSSR count). The summed E-state index contributed by atoms with van der Waals surface area (Å²) in [5, 5.41) is 0.856. The first-order valence-corrected chi connectivity index (χ1v) is 8.52. The number of hydrogen-bond donors (Lipinski definition) is 0. The molecule has 0 atom stereocenters. The lowest BCUT2D eigenvalue weighted by Crippen LogP contribution is -2.24. The molecule has 1 saturated heterocycles. The third-order valence-corrected chi connectivity index (χ3v) is 4.39. The van der Waals surface area contributed by atoms with Gasteiger partial charge in [0.15, 0.2) is 0 Å². The first-order chi connectivity index (χ1) is 11.1. The van der Waals surface area contributed by atoms with Crippen molar-refractivity contribution in [1.29, 1.82) is 0 Å². The van der Waals surface area contributed by atoms with Gasteiger partial charge in [-0.05, 0) is 56.9 Å². The van der Waals surface area contributed by atoms with Crippen molar-refractivity contribution in [2.45, 2.75) is 46.6 Å². The summed E-state index contributed by atoms with van der Waals surface area (Å²) in [6.45, 7) is 12.3. The van der Waals surface area contributed by atoms with Gasteiger partial charge in [-0.15, -0.1) is 0 Å². The van der Waals surface area contributed by atoms with Gasteiger partial charge in [-0.25, -0.2) is 4.79 Å². The van der Waals surface area contributed by atoms with Crippen molar-refractivity contribution in [1.82, 2.24) is 4.98 Å². The fraction of sp³-hybridized carbons (Fsp3) is 0.500. The maximum atomic E-state index is 12.5. The fourth-order valence-electron chi connectivity index (χ4n) is 3.17. The zero-order valence-electron chi connectivity index (χ0n) is 15.2. The summed E-state index contributed by atoms with van der Waals surface area (Å²) in [4.78, 5) is 19.3. The molecule has 2 heterocycles. The van der Waals surface area contributed by atoms with E-state index in [0.717, 1.165) is 29.7 Å². The molecule has 0 bridgehead atoms. The summed E-state index contributed by atoms with van der Waals surface area (Å²) in [5.74, 6) is -0.297. The van der Waals surface area contributed by atoms with E-state index >= 15 is 0 Å². The van der Waals surface area contributed by atoms with E-state index in [2.05, 4.69) is 35.9 Å². The summed E-state index contributed by atoms with van der Waals surface area (Å²) < 4.78 is 5.55. The topological polar surface area (TPSA) is 42.4 Å². The second kappa shape index (κ2) is 5.76. The Morgan fingerprint density at radius 2 is 2.00 bits per heavy atom. The molecule has 0 radical (unpaired) electrons. The summed E-state index contributed by atoms with van der Waals surface area (Å²) in [7, 11) is 0. The van der Waals surface area contributed by atoms with Crippen LogP contribution in [0.15, 0.2) is 30.5 Å². The highest BCUT2D eigenvalue weighted by Gasteiger charge is 2.29.